The maximum absolute atomic E-state index is 13.0. The van der Waals surface area contributed by atoms with Gasteiger partial charge in [0, 0.05) is 24.6 Å². The van der Waals surface area contributed by atoms with Crippen LogP contribution in [0.25, 0.3) is 6.08 Å². The highest BCUT2D eigenvalue weighted by molar-refractivity contribution is 6.05. The Balaban J connectivity index is 1.81. The predicted octanol–water partition coefficient (Wildman–Crippen LogP) is 0.798. The molecule has 2 N–H and O–H groups in total. The highest BCUT2D eigenvalue weighted by Crippen LogP contribution is 2.11. The van der Waals surface area contributed by atoms with E-state index in [2.05, 4.69) is 12.4 Å². The third kappa shape index (κ3) is 4.61. The van der Waals surface area contributed by atoms with Gasteiger partial charge in [0.25, 0.3) is 11.8 Å². The van der Waals surface area contributed by atoms with Crippen molar-refractivity contribution in [3.63, 3.8) is 0 Å². The van der Waals surface area contributed by atoms with Crippen molar-refractivity contribution in [2.24, 2.45) is 0 Å². The van der Waals surface area contributed by atoms with E-state index >= 15 is 0 Å². The molecule has 2 amide bonds. The maximum atomic E-state index is 13.0. The highest BCUT2D eigenvalue weighted by atomic mass is 16.3. The molecule has 0 saturated carbocycles. The lowest BCUT2D eigenvalue weighted by molar-refractivity contribution is -0.877. The minimum Gasteiger partial charge on any atom is -0.465 e. The monoisotopic (exact) mass is 354 g/mol. The number of nitrogens with one attached hydrogen (secondary N) is 2. The molecule has 0 aliphatic carbocycles. The Morgan fingerprint density at radius 1 is 1.12 bits per heavy atom. The van der Waals surface area contributed by atoms with Crippen molar-refractivity contribution < 1.29 is 18.9 Å². The van der Waals surface area contributed by atoms with Gasteiger partial charge in [-0.1, -0.05) is 18.2 Å². The Hall–Kier alpha value is -2.86. The fourth-order valence-corrected chi connectivity index (χ4v) is 2.96. The second kappa shape index (κ2) is 8.49. The molecule has 1 aliphatic rings. The van der Waals surface area contributed by atoms with E-state index in [0.717, 1.165) is 19.5 Å². The summed E-state index contributed by atoms with van der Waals surface area (Å²) in [5.74, 6) is 0.0361. The van der Waals surface area contributed by atoms with Gasteiger partial charge in [0.15, 0.2) is 0 Å². The molecule has 2 heterocycles. The van der Waals surface area contributed by atoms with Gasteiger partial charge in [-0.2, -0.15) is 0 Å². The lowest BCUT2D eigenvalue weighted by Gasteiger charge is -2.21. The first-order chi connectivity index (χ1) is 12.6. The van der Waals surface area contributed by atoms with Crippen LogP contribution >= 0.6 is 0 Å². The van der Waals surface area contributed by atoms with Crippen molar-refractivity contribution in [1.29, 1.82) is 0 Å². The third-order valence-corrected chi connectivity index (χ3v) is 4.47. The van der Waals surface area contributed by atoms with Crippen LogP contribution in [0.1, 0.15) is 22.5 Å². The first-order valence-corrected chi connectivity index (χ1v) is 8.85. The first kappa shape index (κ1) is 17.9. The van der Waals surface area contributed by atoms with Crippen LogP contribution in [-0.2, 0) is 4.79 Å². The van der Waals surface area contributed by atoms with Crippen LogP contribution < -0.4 is 10.2 Å². The van der Waals surface area contributed by atoms with Gasteiger partial charge >= 0.3 is 0 Å². The van der Waals surface area contributed by atoms with Crippen LogP contribution in [0.4, 0.5) is 0 Å². The second-order valence-corrected chi connectivity index (χ2v) is 6.50. The van der Waals surface area contributed by atoms with Crippen molar-refractivity contribution in [2.75, 3.05) is 33.2 Å². The molecule has 1 saturated heterocycles. The van der Waals surface area contributed by atoms with Crippen LogP contribution in [0.3, 0.4) is 0 Å². The topological polar surface area (TPSA) is 67.0 Å². The van der Waals surface area contributed by atoms with Crippen LogP contribution in [0.5, 0.6) is 0 Å². The molecule has 1 unspecified atom stereocenters. The van der Waals surface area contributed by atoms with Gasteiger partial charge in [0.05, 0.1) is 32.9 Å². The number of hydrogen-bond acceptors (Lipinski definition) is 3. The summed E-state index contributed by atoms with van der Waals surface area (Å²) in [5, 5.41) is 2.76. The number of furan rings is 1. The van der Waals surface area contributed by atoms with E-state index in [-0.39, 0.29) is 17.5 Å². The average Bonchev–Trinajstić information content (AvgIpc) is 3.07. The van der Waals surface area contributed by atoms with E-state index in [0.29, 0.717) is 24.4 Å². The van der Waals surface area contributed by atoms with Crippen molar-refractivity contribution in [3.8, 4) is 0 Å². The first-order valence-electron chi connectivity index (χ1n) is 8.85. The molecule has 6 nitrogen and oxygen atoms in total. The average molecular weight is 354 g/mol. The van der Waals surface area contributed by atoms with Gasteiger partial charge in [-0.3, -0.25) is 9.59 Å². The molecular formula is C20H24N3O3+. The molecule has 1 atom stereocenters. The zero-order valence-corrected chi connectivity index (χ0v) is 14.9. The lowest BCUT2D eigenvalue weighted by atomic mass is 10.2. The predicted molar refractivity (Wildman–Crippen MR) is 98.4 cm³/mol. The SMILES string of the molecule is C[NH+]1CCCN(C(=O)/C(=C/c2ccco2)NC(=O)c2ccccc2)CC1. The molecule has 3 rings (SSSR count). The number of hydrogen-bond donors (Lipinski definition) is 2. The molecule has 2 aromatic rings. The summed E-state index contributed by atoms with van der Waals surface area (Å²) < 4.78 is 5.33. The summed E-state index contributed by atoms with van der Waals surface area (Å²) in [6, 6.07) is 12.4. The molecular weight excluding hydrogens is 330 g/mol. The van der Waals surface area contributed by atoms with Crippen LogP contribution in [0.2, 0.25) is 0 Å². The highest BCUT2D eigenvalue weighted by Gasteiger charge is 2.24. The standard InChI is InChI=1S/C20H23N3O3/c1-22-10-6-11-23(13-12-22)20(25)18(15-17-9-5-14-26-17)21-19(24)16-7-3-2-4-8-16/h2-5,7-9,14-15H,6,10-13H2,1H3,(H,21,24)/p+1/b18-15-. The van der Waals surface area contributed by atoms with Gasteiger partial charge in [0.2, 0.25) is 0 Å². The summed E-state index contributed by atoms with van der Waals surface area (Å²) in [5.41, 5.74) is 0.735. The fraction of sp³-hybridized carbons (Fsp3) is 0.300. The van der Waals surface area contributed by atoms with Crippen molar-refractivity contribution in [3.05, 3.63) is 65.7 Å². The van der Waals surface area contributed by atoms with Crippen LogP contribution in [-0.4, -0.2) is 49.9 Å². The number of quaternary nitrogens is 1. The molecule has 0 spiro atoms. The number of carbonyl (C=O) groups is 2. The quantitative estimate of drug-likeness (QED) is 0.798. The Labute approximate surface area is 153 Å². The van der Waals surface area contributed by atoms with E-state index in [9.17, 15) is 9.59 Å². The van der Waals surface area contributed by atoms with E-state index in [4.69, 9.17) is 4.42 Å². The molecule has 1 fully saturated rings. The number of nitrogens with zero attached hydrogens (tertiary/aromatic N) is 1. The second-order valence-electron chi connectivity index (χ2n) is 6.50. The zero-order valence-electron chi connectivity index (χ0n) is 14.9. The maximum Gasteiger partial charge on any atom is 0.270 e. The van der Waals surface area contributed by atoms with Crippen LogP contribution in [0, 0.1) is 0 Å². The fourth-order valence-electron chi connectivity index (χ4n) is 2.96. The van der Waals surface area contributed by atoms with Crippen molar-refractivity contribution in [1.82, 2.24) is 10.2 Å². The van der Waals surface area contributed by atoms with E-state index < -0.39 is 0 Å². The minimum absolute atomic E-state index is 0.180. The molecule has 0 bridgehead atoms. The van der Waals surface area contributed by atoms with E-state index in [1.165, 1.54) is 11.2 Å². The van der Waals surface area contributed by atoms with E-state index in [1.54, 1.807) is 47.4 Å². The van der Waals surface area contributed by atoms with Gasteiger partial charge in [-0.05, 0) is 24.3 Å². The summed E-state index contributed by atoms with van der Waals surface area (Å²) in [4.78, 5) is 28.8. The molecule has 136 valence electrons. The third-order valence-electron chi connectivity index (χ3n) is 4.47. The molecule has 1 aromatic carbocycles. The van der Waals surface area contributed by atoms with Gasteiger partial charge in [-0.25, -0.2) is 0 Å². The molecule has 1 aliphatic heterocycles. The zero-order chi connectivity index (χ0) is 18.4. The Morgan fingerprint density at radius 2 is 1.92 bits per heavy atom. The Morgan fingerprint density at radius 3 is 2.65 bits per heavy atom. The number of rotatable bonds is 4. The largest absolute Gasteiger partial charge is 0.465 e. The summed E-state index contributed by atoms with van der Waals surface area (Å²) >= 11 is 0. The minimum atomic E-state index is -0.311. The van der Waals surface area contributed by atoms with Gasteiger partial charge in [0.1, 0.15) is 11.5 Å². The van der Waals surface area contributed by atoms with E-state index in [1.807, 2.05) is 6.07 Å². The number of amides is 2. The Bertz CT molecular complexity index is 769. The summed E-state index contributed by atoms with van der Waals surface area (Å²) in [7, 11) is 2.13. The van der Waals surface area contributed by atoms with Gasteiger partial charge in [-0.15, -0.1) is 0 Å². The smallest absolute Gasteiger partial charge is 0.270 e. The molecule has 6 heteroatoms. The number of benzene rings is 1. The number of carbonyl (C=O) groups excluding carboxylic acids is 2. The number of likely N-dealkylation sites (N-methyl/N-ethyl adjacent to an activating group) is 1. The molecule has 26 heavy (non-hydrogen) atoms. The van der Waals surface area contributed by atoms with Crippen LogP contribution in [0.15, 0.2) is 58.8 Å². The summed E-state index contributed by atoms with van der Waals surface area (Å²) in [6.07, 6.45) is 4.07. The van der Waals surface area contributed by atoms with Crippen molar-refractivity contribution >= 4 is 17.9 Å². The summed E-state index contributed by atoms with van der Waals surface area (Å²) in [6.45, 7) is 3.29. The van der Waals surface area contributed by atoms with Gasteiger partial charge < -0.3 is 19.5 Å². The normalized spacial score (nSPS) is 18.3. The Kier molecular flexibility index (Phi) is 5.86. The molecule has 0 radical (unpaired) electrons. The molecule has 1 aromatic heterocycles. The van der Waals surface area contributed by atoms with Crippen molar-refractivity contribution in [2.45, 2.75) is 6.42 Å². The lowest BCUT2D eigenvalue weighted by Crippen LogP contribution is -3.09.